The Morgan fingerprint density at radius 3 is 1.63 bits per heavy atom. The van der Waals surface area contributed by atoms with E-state index in [0.29, 0.717) is 5.75 Å². The average Bonchev–Trinajstić information content (AvgIpc) is 3.18. The normalized spacial score (nSPS) is 11.2. The van der Waals surface area contributed by atoms with E-state index < -0.39 is 54.9 Å². The molecule has 5 rings (SSSR count). The summed E-state index contributed by atoms with van der Waals surface area (Å²) >= 11 is 0. The molecule has 0 fully saturated rings. The number of hydrogen-bond acceptors (Lipinski definition) is 10. The maximum absolute atomic E-state index is 13.1. The molecule has 0 spiro atoms. The second-order valence-corrected chi connectivity index (χ2v) is 15.8. The van der Waals surface area contributed by atoms with E-state index in [1.165, 1.54) is 42.5 Å². The fraction of sp³-hybridized carbons (Fsp3) is 0.154. The Morgan fingerprint density at radius 1 is 0.649 bits per heavy atom. The molecular weight excluding hydrogens is 779 g/mol. The van der Waals surface area contributed by atoms with Gasteiger partial charge in [0.25, 0.3) is 20.0 Å². The number of rotatable bonds is 18. The average molecular weight is 816 g/mol. The van der Waals surface area contributed by atoms with Crippen LogP contribution in [0.4, 0.5) is 22.7 Å². The summed E-state index contributed by atoms with van der Waals surface area (Å²) in [4.78, 5) is 53.1. The third-order valence-corrected chi connectivity index (χ3v) is 10.9. The monoisotopic (exact) mass is 815 g/mol. The van der Waals surface area contributed by atoms with Crippen LogP contribution in [-0.2, 0) is 36.1 Å². The second-order valence-electron chi connectivity index (χ2n) is 12.4. The molecule has 1 heterocycles. The number of nitrogens with zero attached hydrogens (tertiary/aromatic N) is 1. The van der Waals surface area contributed by atoms with Crippen LogP contribution in [0, 0.1) is 0 Å². The zero-order valence-electron chi connectivity index (χ0n) is 30.3. The van der Waals surface area contributed by atoms with Gasteiger partial charge in [-0.2, -0.15) is 0 Å². The number of aryl methyl sites for hydroxylation is 1. The number of aromatic nitrogens is 1. The van der Waals surface area contributed by atoms with Crippen LogP contribution >= 0.6 is 0 Å². The number of aromatic carboxylic acids is 2. The molecule has 0 atom stereocenters. The van der Waals surface area contributed by atoms with Crippen LogP contribution in [0.1, 0.15) is 58.9 Å². The molecule has 0 aliphatic rings. The molecule has 5 aromatic rings. The lowest BCUT2D eigenvalue weighted by molar-refractivity contribution is -0.121. The van der Waals surface area contributed by atoms with Crippen molar-refractivity contribution < 1.29 is 51.0 Å². The van der Waals surface area contributed by atoms with E-state index >= 15 is 0 Å². The molecule has 0 aliphatic heterocycles. The number of unbranched alkanes of at least 4 members (excludes halogenated alkanes) is 1. The highest BCUT2D eigenvalue weighted by atomic mass is 32.2. The Morgan fingerprint density at radius 2 is 1.16 bits per heavy atom. The topological polar surface area (TPSA) is 247 Å². The molecule has 0 bridgehead atoms. The van der Waals surface area contributed by atoms with Crippen LogP contribution in [0.3, 0.4) is 0 Å². The van der Waals surface area contributed by atoms with Gasteiger partial charge < -0.3 is 25.6 Å². The van der Waals surface area contributed by atoms with Crippen molar-refractivity contribution in [2.75, 3.05) is 20.1 Å². The van der Waals surface area contributed by atoms with Gasteiger partial charge in [0.2, 0.25) is 17.7 Å². The molecule has 16 nitrogen and oxygen atoms in total. The molecule has 0 radical (unpaired) electrons. The number of amides is 2. The van der Waals surface area contributed by atoms with E-state index in [1.54, 1.807) is 42.5 Å². The number of benzene rings is 4. The quantitative estimate of drug-likeness (QED) is 0.0550. The summed E-state index contributed by atoms with van der Waals surface area (Å²) in [6.45, 7) is 2.05. The summed E-state index contributed by atoms with van der Waals surface area (Å²) in [5.41, 5.74) is -0.436. The predicted octanol–water partition coefficient (Wildman–Crippen LogP) is 6.57. The first-order chi connectivity index (χ1) is 27.1. The first-order valence-corrected chi connectivity index (χ1v) is 20.3. The fourth-order valence-corrected chi connectivity index (χ4v) is 7.37. The van der Waals surface area contributed by atoms with Crippen LogP contribution < -0.4 is 24.8 Å². The van der Waals surface area contributed by atoms with Gasteiger partial charge in [-0.3, -0.25) is 19.0 Å². The molecule has 2 amide bonds. The molecule has 57 heavy (non-hydrogen) atoms. The molecule has 0 saturated carbocycles. The SMILES string of the molecule is CCCCc1ccc(S(=O)(=O)Nc2ccc(NC(=O)CCC(=O)Nc3ccc(NS(=O)(=O)c4ccc(Oc5ccccc5)nc4)c(C(=O)O)c3)cc2C(=O)O)cc1. The number of para-hydroxylation sites is 1. The van der Waals surface area contributed by atoms with Crippen molar-refractivity contribution in [2.45, 2.75) is 48.8 Å². The highest BCUT2D eigenvalue weighted by Gasteiger charge is 2.22. The van der Waals surface area contributed by atoms with Crippen LogP contribution in [0.5, 0.6) is 11.6 Å². The van der Waals surface area contributed by atoms with Gasteiger partial charge in [-0.15, -0.1) is 0 Å². The summed E-state index contributed by atoms with van der Waals surface area (Å²) in [6.07, 6.45) is 3.03. The van der Waals surface area contributed by atoms with Crippen molar-refractivity contribution >= 4 is 66.5 Å². The Bertz CT molecular complexity index is 2500. The highest BCUT2D eigenvalue weighted by Crippen LogP contribution is 2.27. The zero-order chi connectivity index (χ0) is 41.2. The van der Waals surface area contributed by atoms with Gasteiger partial charge in [0.1, 0.15) is 10.6 Å². The van der Waals surface area contributed by atoms with Gasteiger partial charge >= 0.3 is 11.9 Å². The van der Waals surface area contributed by atoms with E-state index in [2.05, 4.69) is 25.1 Å². The van der Waals surface area contributed by atoms with Crippen molar-refractivity contribution in [3.05, 3.63) is 126 Å². The highest BCUT2D eigenvalue weighted by molar-refractivity contribution is 7.93. The van der Waals surface area contributed by atoms with Crippen LogP contribution in [0.2, 0.25) is 0 Å². The molecule has 0 saturated heterocycles. The van der Waals surface area contributed by atoms with Crippen LogP contribution in [0.25, 0.3) is 0 Å². The van der Waals surface area contributed by atoms with Gasteiger partial charge in [0, 0.05) is 30.3 Å². The molecule has 18 heteroatoms. The molecular formula is C39H37N5O11S2. The van der Waals surface area contributed by atoms with Crippen molar-refractivity contribution in [2.24, 2.45) is 0 Å². The van der Waals surface area contributed by atoms with Gasteiger partial charge in [-0.25, -0.2) is 31.4 Å². The van der Waals surface area contributed by atoms with Crippen molar-refractivity contribution in [3.63, 3.8) is 0 Å². The fourth-order valence-electron chi connectivity index (χ4n) is 5.27. The number of anilines is 4. The minimum absolute atomic E-state index is 0.00131. The second kappa shape index (κ2) is 18.2. The number of ether oxygens (including phenoxy) is 1. The number of pyridine rings is 1. The summed E-state index contributed by atoms with van der Waals surface area (Å²) in [6, 6.07) is 24.6. The van der Waals surface area contributed by atoms with E-state index in [1.807, 2.05) is 6.92 Å². The number of nitrogens with one attached hydrogen (secondary N) is 4. The van der Waals surface area contributed by atoms with Crippen molar-refractivity contribution in [1.29, 1.82) is 0 Å². The predicted molar refractivity (Wildman–Crippen MR) is 211 cm³/mol. The van der Waals surface area contributed by atoms with Crippen molar-refractivity contribution in [1.82, 2.24) is 4.98 Å². The molecule has 6 N–H and O–H groups in total. The Balaban J connectivity index is 1.16. The smallest absolute Gasteiger partial charge is 0.337 e. The summed E-state index contributed by atoms with van der Waals surface area (Å²) in [5.74, 6) is -3.70. The maximum atomic E-state index is 13.1. The minimum Gasteiger partial charge on any atom is -0.478 e. The first kappa shape index (κ1) is 41.4. The van der Waals surface area contributed by atoms with E-state index in [0.717, 1.165) is 49.2 Å². The lowest BCUT2D eigenvalue weighted by atomic mass is 10.1. The number of carbonyl (C=O) groups excluding carboxylic acids is 2. The lowest BCUT2D eigenvalue weighted by Gasteiger charge is -2.14. The third-order valence-electron chi connectivity index (χ3n) is 8.17. The van der Waals surface area contributed by atoms with E-state index in [-0.39, 0.29) is 51.3 Å². The molecule has 0 aliphatic carbocycles. The maximum Gasteiger partial charge on any atom is 0.337 e. The number of carboxylic acid groups (broad SMARTS) is 2. The zero-order valence-corrected chi connectivity index (χ0v) is 31.9. The summed E-state index contributed by atoms with van der Waals surface area (Å²) in [5, 5.41) is 24.5. The Kier molecular flexibility index (Phi) is 13.2. The van der Waals surface area contributed by atoms with Gasteiger partial charge in [-0.1, -0.05) is 43.7 Å². The number of hydrogen-bond donors (Lipinski definition) is 6. The third kappa shape index (κ3) is 11.4. The Labute approximate surface area is 328 Å². The van der Waals surface area contributed by atoms with E-state index in [4.69, 9.17) is 4.74 Å². The Hall–Kier alpha value is -6.79. The molecule has 0 unspecified atom stereocenters. The number of sulfonamides is 2. The van der Waals surface area contributed by atoms with E-state index in [9.17, 15) is 46.2 Å². The van der Waals surface area contributed by atoms with Gasteiger partial charge in [0.15, 0.2) is 0 Å². The minimum atomic E-state index is -4.30. The van der Waals surface area contributed by atoms with Gasteiger partial charge in [-0.05, 0) is 85.1 Å². The largest absolute Gasteiger partial charge is 0.478 e. The summed E-state index contributed by atoms with van der Waals surface area (Å²) in [7, 11) is -8.44. The van der Waals surface area contributed by atoms with Crippen LogP contribution in [0.15, 0.2) is 119 Å². The van der Waals surface area contributed by atoms with Gasteiger partial charge in [0.05, 0.1) is 33.6 Å². The molecule has 4 aromatic carbocycles. The summed E-state index contributed by atoms with van der Waals surface area (Å²) < 4.78 is 62.2. The lowest BCUT2D eigenvalue weighted by Crippen LogP contribution is -2.19. The molecule has 1 aromatic heterocycles. The number of carbonyl (C=O) groups is 4. The standard InChI is InChI=1S/C39H37N5O11S2/c1-2-3-7-25-10-14-29(15-11-25)56(51,52)43-33-17-12-26(22-31(33)38(47)48)41-35(45)19-20-36(46)42-27-13-18-34(32(23-27)39(49)50)44-57(53,54)30-16-21-37(40-24-30)55-28-8-5-4-6-9-28/h4-6,8-18,21-24,43-44H,2-3,7,19-20H2,1H3,(H,41,45)(H,42,46)(H,47,48)(H,49,50). The van der Waals surface area contributed by atoms with Crippen LogP contribution in [-0.4, -0.2) is 55.8 Å². The number of carboxylic acids is 2. The molecule has 296 valence electrons. The van der Waals surface area contributed by atoms with Crippen molar-refractivity contribution in [3.8, 4) is 11.6 Å². The first-order valence-electron chi connectivity index (χ1n) is 17.3.